The van der Waals surface area contributed by atoms with Gasteiger partial charge in [-0.2, -0.15) is 0 Å². The molecule has 0 saturated carbocycles. The standard InChI is InChI=1S/C18H38.C3H9O3P/c1-3-5-7-9-11-13-15-17-18-16-14-12-10-8-6-4-2;1-3(2)6-7(4)5/h3-18H2,1-2H3;3,7H,1-2H3,(H,4,5). The fraction of sp³-hybridized carbons (Fsp3) is 1.00. The second-order valence-electron chi connectivity index (χ2n) is 7.38. The van der Waals surface area contributed by atoms with Gasteiger partial charge in [-0.05, 0) is 13.8 Å². The molecule has 0 aromatic heterocycles. The van der Waals surface area contributed by atoms with Gasteiger partial charge in [-0.3, -0.25) is 4.57 Å². The lowest BCUT2D eigenvalue weighted by atomic mass is 10.0. The summed E-state index contributed by atoms with van der Waals surface area (Å²) in [5.41, 5.74) is 0. The molecule has 0 aliphatic rings. The number of hydrogen-bond acceptors (Lipinski definition) is 2. The van der Waals surface area contributed by atoms with E-state index in [1.54, 1.807) is 13.8 Å². The summed E-state index contributed by atoms with van der Waals surface area (Å²) in [7, 11) is -2.68. The summed E-state index contributed by atoms with van der Waals surface area (Å²) in [6.07, 6.45) is 23.3. The summed E-state index contributed by atoms with van der Waals surface area (Å²) in [5.74, 6) is 0. The van der Waals surface area contributed by atoms with E-state index in [1.807, 2.05) is 0 Å². The van der Waals surface area contributed by atoms with Gasteiger partial charge in [0.15, 0.2) is 0 Å². The van der Waals surface area contributed by atoms with Crippen molar-refractivity contribution < 1.29 is 14.0 Å². The van der Waals surface area contributed by atoms with E-state index in [1.165, 1.54) is 103 Å². The fourth-order valence-electron chi connectivity index (χ4n) is 2.82. The number of hydrogen-bond donors (Lipinski definition) is 1. The third kappa shape index (κ3) is 32.3. The average molecular weight is 379 g/mol. The smallest absolute Gasteiger partial charge is 0.316 e. The molecule has 0 rings (SSSR count). The van der Waals surface area contributed by atoms with Crippen LogP contribution in [0.25, 0.3) is 0 Å². The van der Waals surface area contributed by atoms with Gasteiger partial charge < -0.3 is 9.42 Å². The molecule has 3 nitrogen and oxygen atoms in total. The first-order valence-electron chi connectivity index (χ1n) is 10.9. The molecule has 1 N–H and O–H groups in total. The number of unbranched alkanes of at least 4 members (excludes halogenated alkanes) is 15. The topological polar surface area (TPSA) is 46.5 Å². The Morgan fingerprint density at radius 3 is 1.00 bits per heavy atom. The molecular weight excluding hydrogens is 331 g/mol. The molecule has 0 aliphatic carbocycles. The predicted octanol–water partition coefficient (Wildman–Crippen LogP) is 8.06. The van der Waals surface area contributed by atoms with Crippen LogP contribution in [-0.2, 0) is 9.09 Å². The molecule has 0 aromatic carbocycles. The lowest BCUT2D eigenvalue weighted by Crippen LogP contribution is -1.92. The molecule has 0 bridgehead atoms. The SMILES string of the molecule is CC(C)O[PH](=O)O.CCCCCCCCCCCCCCCCCC. The molecule has 0 aliphatic heterocycles. The fourth-order valence-corrected chi connectivity index (χ4v) is 3.23. The average Bonchev–Trinajstić information content (AvgIpc) is 2.54. The minimum atomic E-state index is -2.68. The van der Waals surface area contributed by atoms with Crippen LogP contribution in [-0.4, -0.2) is 11.0 Å². The molecule has 4 heteroatoms. The van der Waals surface area contributed by atoms with E-state index < -0.39 is 8.25 Å². The Labute approximate surface area is 159 Å². The summed E-state index contributed by atoms with van der Waals surface area (Å²) in [5, 5.41) is 0. The zero-order valence-corrected chi connectivity index (χ0v) is 18.7. The molecule has 25 heavy (non-hydrogen) atoms. The van der Waals surface area contributed by atoms with E-state index in [2.05, 4.69) is 18.4 Å². The van der Waals surface area contributed by atoms with Crippen molar-refractivity contribution in [2.45, 2.75) is 137 Å². The molecule has 0 aromatic rings. The maximum absolute atomic E-state index is 9.77. The third-order valence-corrected chi connectivity index (χ3v) is 4.97. The Balaban J connectivity index is 0. The van der Waals surface area contributed by atoms with Crippen molar-refractivity contribution >= 4 is 8.25 Å². The van der Waals surface area contributed by atoms with Crippen molar-refractivity contribution in [3.63, 3.8) is 0 Å². The molecule has 0 radical (unpaired) electrons. The van der Waals surface area contributed by atoms with Gasteiger partial charge in [0.1, 0.15) is 0 Å². The maximum atomic E-state index is 9.77. The third-order valence-electron chi connectivity index (χ3n) is 4.29. The van der Waals surface area contributed by atoms with Crippen molar-refractivity contribution in [1.82, 2.24) is 0 Å². The highest BCUT2D eigenvalue weighted by atomic mass is 31.1. The maximum Gasteiger partial charge on any atom is 0.316 e. The van der Waals surface area contributed by atoms with Gasteiger partial charge in [0.25, 0.3) is 0 Å². The van der Waals surface area contributed by atoms with Gasteiger partial charge in [0.2, 0.25) is 0 Å². The van der Waals surface area contributed by atoms with E-state index in [-0.39, 0.29) is 6.10 Å². The van der Waals surface area contributed by atoms with Crippen LogP contribution in [0.1, 0.15) is 130 Å². The number of rotatable bonds is 17. The zero-order valence-electron chi connectivity index (χ0n) is 17.7. The normalized spacial score (nSPS) is 12.1. The van der Waals surface area contributed by atoms with E-state index in [0.29, 0.717) is 0 Å². The van der Waals surface area contributed by atoms with Crippen LogP contribution < -0.4 is 0 Å². The Kier molecular flexibility index (Phi) is 26.4. The molecular formula is C21H47O3P. The van der Waals surface area contributed by atoms with E-state index in [9.17, 15) is 4.57 Å². The predicted molar refractivity (Wildman–Crippen MR) is 113 cm³/mol. The largest absolute Gasteiger partial charge is 0.326 e. The first-order valence-corrected chi connectivity index (χ1v) is 12.2. The molecule has 0 amide bonds. The summed E-state index contributed by atoms with van der Waals surface area (Å²) in [4.78, 5) is 8.05. The lowest BCUT2D eigenvalue weighted by molar-refractivity contribution is 0.222. The Morgan fingerprint density at radius 2 is 0.880 bits per heavy atom. The minimum Gasteiger partial charge on any atom is -0.326 e. The first-order chi connectivity index (χ1) is 12.0. The summed E-state index contributed by atoms with van der Waals surface area (Å²) in [6, 6.07) is 0. The highest BCUT2D eigenvalue weighted by molar-refractivity contribution is 7.32. The van der Waals surface area contributed by atoms with Crippen molar-refractivity contribution in [3.8, 4) is 0 Å². The van der Waals surface area contributed by atoms with Gasteiger partial charge >= 0.3 is 8.25 Å². The van der Waals surface area contributed by atoms with Crippen LogP contribution in [0.2, 0.25) is 0 Å². The monoisotopic (exact) mass is 378 g/mol. The molecule has 0 fully saturated rings. The van der Waals surface area contributed by atoms with Gasteiger partial charge in [0.05, 0.1) is 6.10 Å². The highest BCUT2D eigenvalue weighted by Crippen LogP contribution is 2.16. The minimum absolute atomic E-state index is 0.142. The van der Waals surface area contributed by atoms with Gasteiger partial charge in [-0.1, -0.05) is 117 Å². The second-order valence-corrected chi connectivity index (χ2v) is 8.15. The highest BCUT2D eigenvalue weighted by Gasteiger charge is 1.94. The van der Waals surface area contributed by atoms with Gasteiger partial charge in [-0.15, -0.1) is 0 Å². The van der Waals surface area contributed by atoms with Crippen LogP contribution in [0.15, 0.2) is 0 Å². The first kappa shape index (κ1) is 27.4. The Morgan fingerprint density at radius 1 is 0.640 bits per heavy atom. The van der Waals surface area contributed by atoms with Crippen molar-refractivity contribution in [1.29, 1.82) is 0 Å². The Hall–Kier alpha value is 0.150. The van der Waals surface area contributed by atoms with Gasteiger partial charge in [-0.25, -0.2) is 0 Å². The summed E-state index contributed by atoms with van der Waals surface area (Å²) in [6.45, 7) is 8.00. The van der Waals surface area contributed by atoms with Crippen LogP contribution in [0.5, 0.6) is 0 Å². The van der Waals surface area contributed by atoms with Crippen LogP contribution in [0.3, 0.4) is 0 Å². The quantitative estimate of drug-likeness (QED) is 0.206. The van der Waals surface area contributed by atoms with E-state index in [0.717, 1.165) is 0 Å². The Bertz CT molecular complexity index is 242. The molecule has 1 unspecified atom stereocenters. The lowest BCUT2D eigenvalue weighted by Gasteiger charge is -2.03. The van der Waals surface area contributed by atoms with Crippen LogP contribution in [0.4, 0.5) is 0 Å². The van der Waals surface area contributed by atoms with E-state index >= 15 is 0 Å². The van der Waals surface area contributed by atoms with Gasteiger partial charge in [0, 0.05) is 0 Å². The van der Waals surface area contributed by atoms with Crippen molar-refractivity contribution in [2.24, 2.45) is 0 Å². The van der Waals surface area contributed by atoms with E-state index in [4.69, 9.17) is 4.89 Å². The van der Waals surface area contributed by atoms with Crippen LogP contribution in [0, 0.1) is 0 Å². The van der Waals surface area contributed by atoms with Crippen molar-refractivity contribution in [3.05, 3.63) is 0 Å². The van der Waals surface area contributed by atoms with Crippen molar-refractivity contribution in [2.75, 3.05) is 0 Å². The zero-order chi connectivity index (χ0) is 19.2. The molecule has 0 saturated heterocycles. The summed E-state index contributed by atoms with van der Waals surface area (Å²) < 4.78 is 14.1. The molecule has 154 valence electrons. The molecule has 1 atom stereocenters. The van der Waals surface area contributed by atoms with Crippen LogP contribution >= 0.6 is 8.25 Å². The molecule has 0 spiro atoms. The molecule has 0 heterocycles. The summed E-state index contributed by atoms with van der Waals surface area (Å²) >= 11 is 0. The second kappa shape index (κ2) is 24.1.